The van der Waals surface area contributed by atoms with Crippen molar-refractivity contribution in [3.63, 3.8) is 0 Å². The Bertz CT molecular complexity index is 676. The van der Waals surface area contributed by atoms with Crippen LogP contribution in [0, 0.1) is 0 Å². The van der Waals surface area contributed by atoms with Crippen LogP contribution < -0.4 is 5.32 Å². The third kappa shape index (κ3) is 3.25. The van der Waals surface area contributed by atoms with Gasteiger partial charge < -0.3 is 5.32 Å². The maximum absolute atomic E-state index is 12.4. The molecule has 112 valence electrons. The molecule has 0 radical (unpaired) electrons. The van der Waals surface area contributed by atoms with Crippen molar-refractivity contribution in [1.82, 2.24) is 9.29 Å². The highest BCUT2D eigenvalue weighted by atomic mass is 32.2. The summed E-state index contributed by atoms with van der Waals surface area (Å²) in [5, 5.41) is 5.21. The Morgan fingerprint density at radius 2 is 2.05 bits per heavy atom. The second-order valence-electron chi connectivity index (χ2n) is 4.92. The van der Waals surface area contributed by atoms with E-state index in [1.807, 2.05) is 17.5 Å². The summed E-state index contributed by atoms with van der Waals surface area (Å²) >= 11 is 1.67. The Balaban J connectivity index is 1.68. The lowest BCUT2D eigenvalue weighted by molar-refractivity contribution is 0.477. The molecule has 3 heterocycles. The minimum Gasteiger partial charge on any atom is -0.365 e. The van der Waals surface area contributed by atoms with Gasteiger partial charge in [-0.1, -0.05) is 6.07 Å². The first kappa shape index (κ1) is 14.5. The zero-order chi connectivity index (χ0) is 14.7. The summed E-state index contributed by atoms with van der Waals surface area (Å²) in [6.45, 7) is 1.92. The number of rotatable bonds is 5. The molecule has 0 saturated carbocycles. The quantitative estimate of drug-likeness (QED) is 0.918. The molecular weight excluding hydrogens is 306 g/mol. The van der Waals surface area contributed by atoms with Crippen LogP contribution in [0.5, 0.6) is 0 Å². The van der Waals surface area contributed by atoms with Crippen LogP contribution in [0.1, 0.15) is 17.7 Å². The fourth-order valence-electron chi connectivity index (χ4n) is 2.31. The molecule has 0 aliphatic carbocycles. The molecule has 1 saturated heterocycles. The Hall–Kier alpha value is -1.44. The van der Waals surface area contributed by atoms with Crippen LogP contribution in [-0.2, 0) is 16.6 Å². The van der Waals surface area contributed by atoms with Crippen molar-refractivity contribution in [2.75, 3.05) is 18.4 Å². The van der Waals surface area contributed by atoms with Gasteiger partial charge in [0.05, 0.1) is 6.54 Å². The average molecular weight is 323 g/mol. The second kappa shape index (κ2) is 6.13. The van der Waals surface area contributed by atoms with Crippen molar-refractivity contribution in [3.05, 3.63) is 40.7 Å². The van der Waals surface area contributed by atoms with E-state index >= 15 is 0 Å². The first-order valence-corrected chi connectivity index (χ1v) is 9.21. The average Bonchev–Trinajstić information content (AvgIpc) is 3.19. The predicted octanol–water partition coefficient (Wildman–Crippen LogP) is 2.54. The molecule has 2 aromatic rings. The van der Waals surface area contributed by atoms with Gasteiger partial charge in [0.25, 0.3) is 0 Å². The Labute approximate surface area is 128 Å². The Morgan fingerprint density at radius 3 is 2.67 bits per heavy atom. The highest BCUT2D eigenvalue weighted by Crippen LogP contribution is 2.21. The second-order valence-corrected chi connectivity index (χ2v) is 7.89. The lowest BCUT2D eigenvalue weighted by Gasteiger charge is -2.15. The number of nitrogens with zero attached hydrogens (tertiary/aromatic N) is 2. The van der Waals surface area contributed by atoms with E-state index in [4.69, 9.17) is 0 Å². The number of hydrogen-bond donors (Lipinski definition) is 1. The summed E-state index contributed by atoms with van der Waals surface area (Å²) in [7, 11) is -3.37. The lowest BCUT2D eigenvalue weighted by atomic mass is 10.4. The smallest absolute Gasteiger partial charge is 0.244 e. The molecule has 0 aromatic carbocycles. The summed E-state index contributed by atoms with van der Waals surface area (Å²) in [6.07, 6.45) is 3.31. The summed E-state index contributed by atoms with van der Waals surface area (Å²) in [5.74, 6) is 0.684. The molecule has 1 aliphatic rings. The molecule has 21 heavy (non-hydrogen) atoms. The molecule has 0 amide bonds. The largest absolute Gasteiger partial charge is 0.365 e. The number of nitrogens with one attached hydrogen (secondary N) is 1. The van der Waals surface area contributed by atoms with Gasteiger partial charge in [0, 0.05) is 24.2 Å². The van der Waals surface area contributed by atoms with Crippen molar-refractivity contribution in [3.8, 4) is 0 Å². The molecule has 1 aliphatic heterocycles. The van der Waals surface area contributed by atoms with Gasteiger partial charge >= 0.3 is 0 Å². The third-order valence-electron chi connectivity index (χ3n) is 3.46. The number of aromatic nitrogens is 1. The highest BCUT2D eigenvalue weighted by Gasteiger charge is 2.27. The fourth-order valence-corrected chi connectivity index (χ4v) is 4.41. The maximum Gasteiger partial charge on any atom is 0.244 e. The van der Waals surface area contributed by atoms with Crippen LogP contribution in [0.25, 0.3) is 0 Å². The molecule has 0 bridgehead atoms. The van der Waals surface area contributed by atoms with Crippen LogP contribution in [-0.4, -0.2) is 30.8 Å². The van der Waals surface area contributed by atoms with E-state index in [-0.39, 0.29) is 4.90 Å². The molecule has 5 nitrogen and oxygen atoms in total. The normalized spacial score (nSPS) is 16.2. The van der Waals surface area contributed by atoms with Crippen molar-refractivity contribution >= 4 is 27.2 Å². The van der Waals surface area contributed by atoms with Gasteiger partial charge in [0.15, 0.2) is 0 Å². The van der Waals surface area contributed by atoms with E-state index in [1.54, 1.807) is 23.5 Å². The van der Waals surface area contributed by atoms with Gasteiger partial charge in [-0.25, -0.2) is 13.4 Å². The van der Waals surface area contributed by atoms with E-state index in [9.17, 15) is 8.42 Å². The number of hydrogen-bond acceptors (Lipinski definition) is 5. The number of anilines is 1. The van der Waals surface area contributed by atoms with Gasteiger partial charge in [-0.2, -0.15) is 4.31 Å². The highest BCUT2D eigenvalue weighted by molar-refractivity contribution is 7.89. The van der Waals surface area contributed by atoms with Crippen LogP contribution in [0.2, 0.25) is 0 Å². The maximum atomic E-state index is 12.4. The minimum absolute atomic E-state index is 0.270. The number of sulfonamides is 1. The SMILES string of the molecule is O=S(=O)(c1ccc(NCc2cccs2)nc1)N1CCCC1. The zero-order valence-electron chi connectivity index (χ0n) is 11.5. The first-order valence-electron chi connectivity index (χ1n) is 6.89. The Kier molecular flexibility index (Phi) is 4.23. The van der Waals surface area contributed by atoms with Gasteiger partial charge in [0.2, 0.25) is 10.0 Å². The van der Waals surface area contributed by atoms with Gasteiger partial charge in [-0.3, -0.25) is 0 Å². The third-order valence-corrected chi connectivity index (χ3v) is 6.22. The minimum atomic E-state index is -3.37. The zero-order valence-corrected chi connectivity index (χ0v) is 13.2. The van der Waals surface area contributed by atoms with E-state index < -0.39 is 10.0 Å². The van der Waals surface area contributed by atoms with Gasteiger partial charge in [-0.15, -0.1) is 11.3 Å². The molecule has 1 N–H and O–H groups in total. The summed E-state index contributed by atoms with van der Waals surface area (Å²) in [6, 6.07) is 7.39. The molecule has 7 heteroatoms. The van der Waals surface area contributed by atoms with Crippen LogP contribution in [0.15, 0.2) is 40.7 Å². The fraction of sp³-hybridized carbons (Fsp3) is 0.357. The topological polar surface area (TPSA) is 62.3 Å². The predicted molar refractivity (Wildman–Crippen MR) is 83.9 cm³/mol. The van der Waals surface area contributed by atoms with Gasteiger partial charge in [-0.05, 0) is 36.4 Å². The van der Waals surface area contributed by atoms with E-state index in [0.717, 1.165) is 12.8 Å². The lowest BCUT2D eigenvalue weighted by Crippen LogP contribution is -2.27. The van der Waals surface area contributed by atoms with Crippen LogP contribution in [0.4, 0.5) is 5.82 Å². The molecule has 1 fully saturated rings. The molecule has 2 aromatic heterocycles. The van der Waals surface area contributed by atoms with E-state index in [1.165, 1.54) is 15.4 Å². The molecule has 0 atom stereocenters. The van der Waals surface area contributed by atoms with Crippen molar-refractivity contribution < 1.29 is 8.42 Å². The standard InChI is InChI=1S/C14H17N3O2S2/c18-21(19,17-7-1-2-8-17)13-5-6-14(16-11-13)15-10-12-4-3-9-20-12/h3-6,9,11H,1-2,7-8,10H2,(H,15,16). The summed E-state index contributed by atoms with van der Waals surface area (Å²) in [4.78, 5) is 5.69. The number of pyridine rings is 1. The molecule has 3 rings (SSSR count). The number of thiophene rings is 1. The molecular formula is C14H17N3O2S2. The molecule has 0 spiro atoms. The molecule has 0 unspecified atom stereocenters. The van der Waals surface area contributed by atoms with Crippen molar-refractivity contribution in [2.45, 2.75) is 24.3 Å². The Morgan fingerprint density at radius 1 is 1.24 bits per heavy atom. The van der Waals surface area contributed by atoms with Crippen molar-refractivity contribution in [2.24, 2.45) is 0 Å². The van der Waals surface area contributed by atoms with Gasteiger partial charge in [0.1, 0.15) is 10.7 Å². The van der Waals surface area contributed by atoms with E-state index in [0.29, 0.717) is 25.5 Å². The van der Waals surface area contributed by atoms with Crippen LogP contribution >= 0.6 is 11.3 Å². The summed E-state index contributed by atoms with van der Waals surface area (Å²) < 4.78 is 26.2. The summed E-state index contributed by atoms with van der Waals surface area (Å²) in [5.41, 5.74) is 0. The van der Waals surface area contributed by atoms with Crippen LogP contribution in [0.3, 0.4) is 0 Å². The van der Waals surface area contributed by atoms with E-state index in [2.05, 4.69) is 10.3 Å². The van der Waals surface area contributed by atoms with Crippen molar-refractivity contribution in [1.29, 1.82) is 0 Å². The monoisotopic (exact) mass is 323 g/mol. The first-order chi connectivity index (χ1) is 10.2.